The lowest BCUT2D eigenvalue weighted by molar-refractivity contribution is -0.168. The maximum atomic E-state index is 13.8. The summed E-state index contributed by atoms with van der Waals surface area (Å²) >= 11 is 6.18. The van der Waals surface area contributed by atoms with Crippen molar-refractivity contribution < 1.29 is 28.3 Å². The predicted molar refractivity (Wildman–Crippen MR) is 170 cm³/mol. The van der Waals surface area contributed by atoms with Gasteiger partial charge >= 0.3 is 6.09 Å². The number of anilines is 1. The topological polar surface area (TPSA) is 114 Å². The second kappa shape index (κ2) is 12.5. The molecule has 0 spiro atoms. The van der Waals surface area contributed by atoms with Crippen LogP contribution in [0.5, 0.6) is 0 Å². The summed E-state index contributed by atoms with van der Waals surface area (Å²) < 4.78 is 17.6. The van der Waals surface area contributed by atoms with Gasteiger partial charge in [0.05, 0.1) is 25.1 Å². The fourth-order valence-electron chi connectivity index (χ4n) is 5.71. The highest BCUT2D eigenvalue weighted by molar-refractivity contribution is 6.30. The van der Waals surface area contributed by atoms with E-state index in [1.54, 1.807) is 28.0 Å². The molecule has 1 N–H and O–H groups in total. The molecule has 234 valence electrons. The Morgan fingerprint density at radius 1 is 1.04 bits per heavy atom. The van der Waals surface area contributed by atoms with Gasteiger partial charge in [0, 0.05) is 29.4 Å². The average molecular weight is 631 g/mol. The normalized spacial score (nSPS) is 19.9. The van der Waals surface area contributed by atoms with Crippen LogP contribution in [0.1, 0.15) is 32.8 Å². The minimum absolute atomic E-state index is 0.172. The van der Waals surface area contributed by atoms with Gasteiger partial charge in [0.1, 0.15) is 17.2 Å². The number of hydrogen-bond donors (Lipinski definition) is 1. The van der Waals surface area contributed by atoms with E-state index < -0.39 is 23.9 Å². The number of amides is 3. The summed E-state index contributed by atoms with van der Waals surface area (Å²) in [7, 11) is 0. The molecule has 2 saturated heterocycles. The zero-order valence-corrected chi connectivity index (χ0v) is 26.1. The number of nitrogens with zero attached hydrogens (tertiary/aromatic N) is 3. The molecule has 10 nitrogen and oxygen atoms in total. The molecule has 3 heterocycles. The highest BCUT2D eigenvalue weighted by Crippen LogP contribution is 2.30. The molecule has 1 aromatic heterocycles. The number of oxazole rings is 1. The first kappa shape index (κ1) is 30.6. The van der Waals surface area contributed by atoms with Gasteiger partial charge in [-0.2, -0.15) is 0 Å². The predicted octanol–water partition coefficient (Wildman–Crippen LogP) is 5.93. The summed E-state index contributed by atoms with van der Waals surface area (Å²) in [5.74, 6) is -0.163. The zero-order chi connectivity index (χ0) is 31.7. The number of morpholine rings is 1. The van der Waals surface area contributed by atoms with Crippen LogP contribution in [0.15, 0.2) is 77.2 Å². The van der Waals surface area contributed by atoms with Crippen molar-refractivity contribution in [1.82, 2.24) is 14.8 Å². The molecule has 2 fully saturated rings. The second-order valence-electron chi connectivity index (χ2n) is 12.3. The number of carbonyl (C=O) groups excluding carboxylic acids is 3. The lowest BCUT2D eigenvalue weighted by Gasteiger charge is -2.40. The third kappa shape index (κ3) is 7.13. The van der Waals surface area contributed by atoms with E-state index in [1.807, 2.05) is 75.4 Å². The van der Waals surface area contributed by atoms with Crippen molar-refractivity contribution in [2.24, 2.45) is 0 Å². The zero-order valence-electron chi connectivity index (χ0n) is 25.4. The van der Waals surface area contributed by atoms with Crippen LogP contribution in [0, 0.1) is 0 Å². The lowest BCUT2D eigenvalue weighted by Crippen LogP contribution is -2.59. The van der Waals surface area contributed by atoms with Crippen LogP contribution < -0.4 is 5.32 Å². The monoisotopic (exact) mass is 630 g/mol. The molecule has 0 radical (unpaired) electrons. The molecule has 2 aliphatic heterocycles. The summed E-state index contributed by atoms with van der Waals surface area (Å²) in [6, 6.07) is 21.8. The highest BCUT2D eigenvalue weighted by Gasteiger charge is 2.49. The van der Waals surface area contributed by atoms with Crippen LogP contribution in [-0.2, 0) is 25.5 Å². The average Bonchev–Trinajstić information content (AvgIpc) is 3.61. The van der Waals surface area contributed by atoms with E-state index in [-0.39, 0.29) is 37.4 Å². The summed E-state index contributed by atoms with van der Waals surface area (Å²) in [6.45, 7) is 6.36. The van der Waals surface area contributed by atoms with Crippen molar-refractivity contribution in [3.8, 4) is 11.5 Å². The van der Waals surface area contributed by atoms with Crippen molar-refractivity contribution in [2.75, 3.05) is 25.0 Å². The quantitative estimate of drug-likeness (QED) is 0.269. The SMILES string of the molecule is CC(C)(C)OC(=O)N1CC2OC(CC(=O)Nc3ccc(-c4nc5ccccc5o4)cc3)C(=O)N(CCc3cccc(Cl)c3)C2C1. The van der Waals surface area contributed by atoms with E-state index in [4.69, 9.17) is 25.5 Å². The summed E-state index contributed by atoms with van der Waals surface area (Å²) in [5.41, 5.74) is 3.12. The highest BCUT2D eigenvalue weighted by atomic mass is 35.5. The first-order valence-corrected chi connectivity index (χ1v) is 15.3. The Balaban J connectivity index is 1.13. The minimum atomic E-state index is -0.997. The van der Waals surface area contributed by atoms with Crippen molar-refractivity contribution in [1.29, 1.82) is 0 Å². The number of carbonyl (C=O) groups is 3. The number of halogens is 1. The third-order valence-electron chi connectivity index (χ3n) is 7.80. The minimum Gasteiger partial charge on any atom is -0.444 e. The van der Waals surface area contributed by atoms with E-state index >= 15 is 0 Å². The van der Waals surface area contributed by atoms with E-state index in [2.05, 4.69) is 10.3 Å². The molecule has 45 heavy (non-hydrogen) atoms. The Bertz CT molecular complexity index is 1680. The number of likely N-dealkylation sites (tertiary alicyclic amines) is 1. The number of ether oxygens (including phenoxy) is 2. The maximum Gasteiger partial charge on any atom is 0.410 e. The molecule has 3 atom stereocenters. The largest absolute Gasteiger partial charge is 0.444 e. The van der Waals surface area contributed by atoms with Crippen molar-refractivity contribution >= 4 is 46.3 Å². The van der Waals surface area contributed by atoms with Crippen LogP contribution in [0.25, 0.3) is 22.6 Å². The molecule has 3 aromatic carbocycles. The molecule has 0 bridgehead atoms. The summed E-state index contributed by atoms with van der Waals surface area (Å²) in [4.78, 5) is 47.6. The number of aromatic nitrogens is 1. The second-order valence-corrected chi connectivity index (χ2v) is 12.8. The first-order chi connectivity index (χ1) is 21.5. The fourth-order valence-corrected chi connectivity index (χ4v) is 5.92. The number of rotatable bonds is 7. The van der Waals surface area contributed by atoms with Crippen molar-refractivity contribution in [3.05, 3.63) is 83.4 Å². The summed E-state index contributed by atoms with van der Waals surface area (Å²) in [6.07, 6.45) is -1.52. The van der Waals surface area contributed by atoms with Gasteiger partial charge in [-0.3, -0.25) is 9.59 Å². The van der Waals surface area contributed by atoms with Crippen LogP contribution >= 0.6 is 11.6 Å². The molecule has 11 heteroatoms. The van der Waals surface area contributed by atoms with Gasteiger partial charge in [-0.15, -0.1) is 0 Å². The maximum absolute atomic E-state index is 13.8. The number of nitrogens with one attached hydrogen (secondary N) is 1. The number of benzene rings is 3. The first-order valence-electron chi connectivity index (χ1n) is 15.0. The Morgan fingerprint density at radius 2 is 1.82 bits per heavy atom. The lowest BCUT2D eigenvalue weighted by atomic mass is 10.0. The van der Waals surface area contributed by atoms with Gasteiger partial charge in [-0.1, -0.05) is 35.9 Å². The van der Waals surface area contributed by atoms with Gasteiger partial charge in [-0.25, -0.2) is 9.78 Å². The molecule has 3 unspecified atom stereocenters. The van der Waals surface area contributed by atoms with Gasteiger partial charge in [0.15, 0.2) is 5.58 Å². The smallest absolute Gasteiger partial charge is 0.410 e. The molecule has 2 aliphatic rings. The Hall–Kier alpha value is -4.41. The van der Waals surface area contributed by atoms with Crippen LogP contribution in [-0.4, -0.2) is 76.2 Å². The van der Waals surface area contributed by atoms with E-state index in [0.29, 0.717) is 35.1 Å². The molecule has 3 amide bonds. The fraction of sp³-hybridized carbons (Fsp3) is 0.353. The summed E-state index contributed by atoms with van der Waals surface area (Å²) in [5, 5.41) is 3.48. The number of fused-ring (bicyclic) bond motifs is 2. The third-order valence-corrected chi connectivity index (χ3v) is 8.03. The van der Waals surface area contributed by atoms with E-state index in [0.717, 1.165) is 16.6 Å². The van der Waals surface area contributed by atoms with Gasteiger partial charge in [0.25, 0.3) is 5.91 Å². The molecule has 4 aromatic rings. The Morgan fingerprint density at radius 3 is 2.56 bits per heavy atom. The number of para-hydroxylation sites is 2. The van der Waals surface area contributed by atoms with Gasteiger partial charge < -0.3 is 29.0 Å². The number of hydrogen-bond acceptors (Lipinski definition) is 7. The molecule has 0 aliphatic carbocycles. The van der Waals surface area contributed by atoms with Gasteiger partial charge in [-0.05, 0) is 81.3 Å². The van der Waals surface area contributed by atoms with E-state index in [9.17, 15) is 14.4 Å². The van der Waals surface area contributed by atoms with E-state index in [1.165, 1.54) is 0 Å². The van der Waals surface area contributed by atoms with Gasteiger partial charge in [0.2, 0.25) is 11.8 Å². The van der Waals surface area contributed by atoms with Crippen molar-refractivity contribution in [2.45, 2.75) is 57.5 Å². The van der Waals surface area contributed by atoms with Crippen LogP contribution in [0.3, 0.4) is 0 Å². The molecule has 6 rings (SSSR count). The standard InChI is InChI=1S/C34H35ClN4O6/c1-34(2,3)45-33(42)38-19-26-29(20-38)43-28(32(41)39(26)16-15-21-7-6-8-23(35)17-21)18-30(40)36-24-13-11-22(12-14-24)31-37-25-9-4-5-10-27(25)44-31/h4-14,17,26,28-29H,15-16,18-20H2,1-3H3,(H,36,40). The molecule has 0 saturated carbocycles. The Labute approximate surface area is 266 Å². The molecular formula is C34H35ClN4O6. The molecular weight excluding hydrogens is 596 g/mol. The van der Waals surface area contributed by atoms with Crippen LogP contribution in [0.2, 0.25) is 5.02 Å². The van der Waals surface area contributed by atoms with Crippen molar-refractivity contribution in [3.63, 3.8) is 0 Å². The Kier molecular flexibility index (Phi) is 8.52. The van der Waals surface area contributed by atoms with Crippen LogP contribution in [0.4, 0.5) is 10.5 Å².